The van der Waals surface area contributed by atoms with E-state index in [0.717, 1.165) is 32.1 Å². The van der Waals surface area contributed by atoms with Gasteiger partial charge in [-0.1, -0.05) is 58.3 Å². The molecule has 0 aromatic rings. The number of rotatable bonds is 11. The fraction of sp³-hybridized carbons (Fsp3) is 0.938. The third-order valence-electron chi connectivity index (χ3n) is 4.09. The Morgan fingerprint density at radius 3 is 2.42 bits per heavy atom. The highest BCUT2D eigenvalue weighted by Crippen LogP contribution is 2.22. The Morgan fingerprint density at radius 1 is 1.16 bits per heavy atom. The van der Waals surface area contributed by atoms with Crippen LogP contribution in [0.15, 0.2) is 0 Å². The van der Waals surface area contributed by atoms with Crippen molar-refractivity contribution in [2.45, 2.75) is 83.7 Å². The molecule has 0 spiro atoms. The fourth-order valence-electron chi connectivity index (χ4n) is 2.76. The smallest absolute Gasteiger partial charge is 0.308 e. The molecule has 1 atom stereocenters. The van der Waals surface area contributed by atoms with Gasteiger partial charge in [0.05, 0.1) is 18.6 Å². The van der Waals surface area contributed by atoms with Crippen molar-refractivity contribution in [3.05, 3.63) is 0 Å². The van der Waals surface area contributed by atoms with Gasteiger partial charge >= 0.3 is 5.97 Å². The second-order valence-electron chi connectivity index (χ2n) is 5.83. The van der Waals surface area contributed by atoms with Crippen molar-refractivity contribution in [3.8, 4) is 0 Å². The van der Waals surface area contributed by atoms with E-state index in [0.29, 0.717) is 12.7 Å². The average Bonchev–Trinajstić information content (AvgIpc) is 2.89. The van der Waals surface area contributed by atoms with Gasteiger partial charge in [-0.2, -0.15) is 0 Å². The lowest BCUT2D eigenvalue weighted by Gasteiger charge is -2.16. The minimum atomic E-state index is -0.688. The summed E-state index contributed by atoms with van der Waals surface area (Å²) in [4.78, 5) is 11.2. The Labute approximate surface area is 117 Å². The van der Waals surface area contributed by atoms with Crippen molar-refractivity contribution in [3.63, 3.8) is 0 Å². The lowest BCUT2D eigenvalue weighted by Crippen LogP contribution is -2.22. The van der Waals surface area contributed by atoms with Crippen LogP contribution in [0.1, 0.15) is 77.6 Å². The van der Waals surface area contributed by atoms with Crippen LogP contribution in [0, 0.1) is 5.92 Å². The van der Waals surface area contributed by atoms with Crippen LogP contribution in [-0.4, -0.2) is 23.8 Å². The van der Waals surface area contributed by atoms with Crippen molar-refractivity contribution < 1.29 is 14.6 Å². The van der Waals surface area contributed by atoms with Gasteiger partial charge in [0, 0.05) is 0 Å². The molecule has 0 aromatic carbocycles. The second-order valence-corrected chi connectivity index (χ2v) is 5.83. The molecular weight excluding hydrogens is 240 g/mol. The van der Waals surface area contributed by atoms with Crippen LogP contribution in [0.2, 0.25) is 0 Å². The van der Waals surface area contributed by atoms with Crippen molar-refractivity contribution in [1.82, 2.24) is 0 Å². The Morgan fingerprint density at radius 2 is 1.79 bits per heavy atom. The number of ether oxygens (including phenoxy) is 1. The van der Waals surface area contributed by atoms with E-state index in [1.165, 1.54) is 38.5 Å². The summed E-state index contributed by atoms with van der Waals surface area (Å²) in [6, 6.07) is 0. The van der Waals surface area contributed by atoms with Crippen molar-refractivity contribution in [1.29, 1.82) is 0 Å². The molecule has 1 aliphatic carbocycles. The predicted molar refractivity (Wildman–Crippen MR) is 77.3 cm³/mol. The number of aliphatic carboxylic acids is 1. The zero-order chi connectivity index (χ0) is 13.9. The summed E-state index contributed by atoms with van der Waals surface area (Å²) in [7, 11) is 0. The Balaban J connectivity index is 2.08. The molecule has 0 heterocycles. The van der Waals surface area contributed by atoms with Crippen LogP contribution in [-0.2, 0) is 9.53 Å². The zero-order valence-electron chi connectivity index (χ0n) is 12.4. The molecule has 1 N–H and O–H groups in total. The number of carbonyl (C=O) groups is 1. The molecule has 1 saturated carbocycles. The first kappa shape index (κ1) is 16.5. The average molecular weight is 270 g/mol. The Bertz CT molecular complexity index is 234. The van der Waals surface area contributed by atoms with E-state index in [4.69, 9.17) is 4.74 Å². The van der Waals surface area contributed by atoms with E-state index in [1.807, 2.05) is 0 Å². The molecule has 112 valence electrons. The highest BCUT2D eigenvalue weighted by Gasteiger charge is 2.21. The van der Waals surface area contributed by atoms with Crippen molar-refractivity contribution >= 4 is 5.97 Å². The van der Waals surface area contributed by atoms with Gasteiger partial charge in [-0.15, -0.1) is 0 Å². The molecule has 0 saturated heterocycles. The van der Waals surface area contributed by atoms with E-state index in [-0.39, 0.29) is 5.92 Å². The molecule has 3 heteroatoms. The van der Waals surface area contributed by atoms with Crippen molar-refractivity contribution in [2.75, 3.05) is 6.61 Å². The summed E-state index contributed by atoms with van der Waals surface area (Å²) in [5, 5.41) is 9.21. The molecule has 0 radical (unpaired) electrons. The zero-order valence-corrected chi connectivity index (χ0v) is 12.4. The maximum absolute atomic E-state index is 11.2. The van der Waals surface area contributed by atoms with Gasteiger partial charge in [0.25, 0.3) is 0 Å². The summed E-state index contributed by atoms with van der Waals surface area (Å²) in [6.07, 6.45) is 13.1. The summed E-state index contributed by atoms with van der Waals surface area (Å²) >= 11 is 0. The molecule has 1 unspecified atom stereocenters. The van der Waals surface area contributed by atoms with Gasteiger partial charge < -0.3 is 9.84 Å². The third kappa shape index (κ3) is 7.56. The first-order valence-corrected chi connectivity index (χ1v) is 8.08. The minimum Gasteiger partial charge on any atom is -0.481 e. The van der Waals surface area contributed by atoms with Gasteiger partial charge in [0.1, 0.15) is 0 Å². The Kier molecular flexibility index (Phi) is 8.89. The summed E-state index contributed by atoms with van der Waals surface area (Å²) in [6.45, 7) is 2.62. The number of hydrogen-bond acceptors (Lipinski definition) is 2. The standard InChI is InChI=1S/C16H30O3/c1-2-3-4-5-6-7-10-14(16(17)18)13-19-15-11-8-9-12-15/h14-15H,2-13H2,1H3,(H,17,18). The molecule has 1 rings (SSSR count). The molecule has 0 bridgehead atoms. The lowest BCUT2D eigenvalue weighted by atomic mass is 10.0. The monoisotopic (exact) mass is 270 g/mol. The van der Waals surface area contributed by atoms with Gasteiger partial charge in [-0.3, -0.25) is 4.79 Å². The molecule has 1 fully saturated rings. The SMILES string of the molecule is CCCCCCCCC(COC1CCCC1)C(=O)O. The van der Waals surface area contributed by atoms with Gasteiger partial charge in [0.2, 0.25) is 0 Å². The quantitative estimate of drug-likeness (QED) is 0.566. The number of unbranched alkanes of at least 4 members (excludes halogenated alkanes) is 5. The van der Waals surface area contributed by atoms with Crippen LogP contribution in [0.3, 0.4) is 0 Å². The van der Waals surface area contributed by atoms with E-state index < -0.39 is 5.97 Å². The topological polar surface area (TPSA) is 46.5 Å². The van der Waals surface area contributed by atoms with Crippen molar-refractivity contribution in [2.24, 2.45) is 5.92 Å². The summed E-state index contributed by atoms with van der Waals surface area (Å²) in [5.41, 5.74) is 0. The lowest BCUT2D eigenvalue weighted by molar-refractivity contribution is -0.145. The molecule has 0 amide bonds. The first-order valence-electron chi connectivity index (χ1n) is 8.08. The van der Waals surface area contributed by atoms with Crippen LogP contribution in [0.25, 0.3) is 0 Å². The first-order chi connectivity index (χ1) is 9.24. The maximum atomic E-state index is 11.2. The number of carboxylic acid groups (broad SMARTS) is 1. The molecule has 0 aliphatic heterocycles. The molecule has 1 aliphatic rings. The van der Waals surface area contributed by atoms with Crippen LogP contribution >= 0.6 is 0 Å². The van der Waals surface area contributed by atoms with Crippen LogP contribution < -0.4 is 0 Å². The number of carboxylic acids is 1. The van der Waals surface area contributed by atoms with Crippen LogP contribution in [0.4, 0.5) is 0 Å². The molecule has 0 aromatic heterocycles. The normalized spacial score (nSPS) is 17.7. The van der Waals surface area contributed by atoms with E-state index in [9.17, 15) is 9.90 Å². The molecule has 3 nitrogen and oxygen atoms in total. The van der Waals surface area contributed by atoms with Gasteiger partial charge in [-0.05, 0) is 19.3 Å². The fourth-order valence-corrected chi connectivity index (χ4v) is 2.76. The van der Waals surface area contributed by atoms with E-state index >= 15 is 0 Å². The minimum absolute atomic E-state index is 0.299. The second kappa shape index (κ2) is 10.2. The highest BCUT2D eigenvalue weighted by molar-refractivity contribution is 5.70. The highest BCUT2D eigenvalue weighted by atomic mass is 16.5. The molecule has 19 heavy (non-hydrogen) atoms. The van der Waals surface area contributed by atoms with Crippen LogP contribution in [0.5, 0.6) is 0 Å². The number of hydrogen-bond donors (Lipinski definition) is 1. The largest absolute Gasteiger partial charge is 0.481 e. The van der Waals surface area contributed by atoms with E-state index in [1.54, 1.807) is 0 Å². The third-order valence-corrected chi connectivity index (χ3v) is 4.09. The predicted octanol–water partition coefficient (Wildman–Crippen LogP) is 4.40. The van der Waals surface area contributed by atoms with Gasteiger partial charge in [-0.25, -0.2) is 0 Å². The maximum Gasteiger partial charge on any atom is 0.308 e. The summed E-state index contributed by atoms with van der Waals surface area (Å²) in [5.74, 6) is -0.988. The van der Waals surface area contributed by atoms with Gasteiger partial charge in [0.15, 0.2) is 0 Å². The summed E-state index contributed by atoms with van der Waals surface area (Å²) < 4.78 is 5.74. The molecular formula is C16H30O3. The van der Waals surface area contributed by atoms with E-state index in [2.05, 4.69) is 6.92 Å². The Hall–Kier alpha value is -0.570.